The van der Waals surface area contributed by atoms with Crippen molar-refractivity contribution < 1.29 is 24.5 Å². The molecule has 7 heteroatoms. The fourth-order valence-corrected chi connectivity index (χ4v) is 3.87. The molecule has 3 aromatic carbocycles. The molecule has 0 saturated carbocycles. The summed E-state index contributed by atoms with van der Waals surface area (Å²) in [7, 11) is 1.62. The fourth-order valence-electron chi connectivity index (χ4n) is 3.87. The van der Waals surface area contributed by atoms with Gasteiger partial charge in [0.1, 0.15) is 5.75 Å². The van der Waals surface area contributed by atoms with Crippen LogP contribution in [0.1, 0.15) is 16.7 Å². The molecule has 4 rings (SSSR count). The van der Waals surface area contributed by atoms with E-state index in [1.807, 2.05) is 72.8 Å². The Morgan fingerprint density at radius 3 is 2.21 bits per heavy atom. The van der Waals surface area contributed by atoms with E-state index in [4.69, 9.17) is 4.74 Å². The van der Waals surface area contributed by atoms with Crippen molar-refractivity contribution in [2.45, 2.75) is 31.8 Å². The maximum atomic E-state index is 12.6. The maximum absolute atomic E-state index is 12.6. The van der Waals surface area contributed by atoms with Gasteiger partial charge in [0, 0.05) is 19.6 Å². The van der Waals surface area contributed by atoms with E-state index in [2.05, 4.69) is 5.32 Å². The maximum Gasteiger partial charge on any atom is 0.255 e. The van der Waals surface area contributed by atoms with Gasteiger partial charge in [0.05, 0.1) is 7.11 Å². The van der Waals surface area contributed by atoms with E-state index in [9.17, 15) is 19.8 Å². The number of carbonyl (C=O) groups excluding carboxylic acids is 2. The van der Waals surface area contributed by atoms with Gasteiger partial charge in [-0.3, -0.25) is 9.59 Å². The molecule has 1 heterocycles. The van der Waals surface area contributed by atoms with Gasteiger partial charge >= 0.3 is 0 Å². The zero-order chi connectivity index (χ0) is 23.4. The largest absolute Gasteiger partial charge is 0.497 e. The van der Waals surface area contributed by atoms with Crippen molar-refractivity contribution >= 4 is 11.8 Å². The van der Waals surface area contributed by atoms with Crippen molar-refractivity contribution in [1.29, 1.82) is 0 Å². The van der Waals surface area contributed by atoms with Crippen LogP contribution in [0.4, 0.5) is 0 Å². The Bertz CT molecular complexity index is 1120. The summed E-state index contributed by atoms with van der Waals surface area (Å²) in [4.78, 5) is 26.4. The van der Waals surface area contributed by atoms with E-state index in [0.29, 0.717) is 13.1 Å². The molecule has 0 aromatic heterocycles. The first kappa shape index (κ1) is 22.5. The SMILES string of the molecule is COc1cccc(-c2ccc(CNC(=O)[C@H](O)[C@@H](O)C(=O)N3Cc4ccccc4C3)cc2)c1. The lowest BCUT2D eigenvalue weighted by atomic mass is 10.0. The van der Waals surface area contributed by atoms with Crippen LogP contribution in [0, 0.1) is 0 Å². The quantitative estimate of drug-likeness (QED) is 0.517. The number of nitrogens with zero attached hydrogens (tertiary/aromatic N) is 1. The zero-order valence-electron chi connectivity index (χ0n) is 18.3. The molecule has 0 spiro atoms. The van der Waals surface area contributed by atoms with Crippen molar-refractivity contribution in [2.24, 2.45) is 0 Å². The van der Waals surface area contributed by atoms with Gasteiger partial charge in [0.15, 0.2) is 12.2 Å². The summed E-state index contributed by atoms with van der Waals surface area (Å²) < 4.78 is 5.25. The average Bonchev–Trinajstić information content (AvgIpc) is 3.30. The topological polar surface area (TPSA) is 99.1 Å². The van der Waals surface area contributed by atoms with Crippen LogP contribution >= 0.6 is 0 Å². The Morgan fingerprint density at radius 2 is 1.58 bits per heavy atom. The first-order valence-electron chi connectivity index (χ1n) is 10.7. The number of aliphatic hydroxyl groups is 2. The van der Waals surface area contributed by atoms with Crippen molar-refractivity contribution in [1.82, 2.24) is 10.2 Å². The van der Waals surface area contributed by atoms with E-state index in [1.165, 1.54) is 4.90 Å². The van der Waals surface area contributed by atoms with Gasteiger partial charge < -0.3 is 25.2 Å². The fraction of sp³-hybridized carbons (Fsp3) is 0.231. The molecule has 0 radical (unpaired) electrons. The monoisotopic (exact) mass is 446 g/mol. The number of rotatable bonds is 7. The molecular weight excluding hydrogens is 420 g/mol. The van der Waals surface area contributed by atoms with E-state index in [1.54, 1.807) is 7.11 Å². The summed E-state index contributed by atoms with van der Waals surface area (Å²) in [5, 5.41) is 23.1. The third-order valence-electron chi connectivity index (χ3n) is 5.80. The summed E-state index contributed by atoms with van der Waals surface area (Å²) in [6, 6.07) is 22.9. The molecule has 0 aliphatic carbocycles. The van der Waals surface area contributed by atoms with E-state index in [-0.39, 0.29) is 6.54 Å². The number of carbonyl (C=O) groups is 2. The summed E-state index contributed by atoms with van der Waals surface area (Å²) in [5.74, 6) is -0.704. The molecule has 3 aromatic rings. The minimum atomic E-state index is -1.85. The van der Waals surface area contributed by atoms with Gasteiger partial charge in [-0.2, -0.15) is 0 Å². The Morgan fingerprint density at radius 1 is 0.909 bits per heavy atom. The van der Waals surface area contributed by atoms with Crippen LogP contribution < -0.4 is 10.1 Å². The van der Waals surface area contributed by atoms with Crippen LogP contribution in [0.15, 0.2) is 72.8 Å². The molecule has 2 atom stereocenters. The molecule has 2 amide bonds. The lowest BCUT2D eigenvalue weighted by Crippen LogP contribution is -2.49. The number of benzene rings is 3. The Balaban J connectivity index is 1.31. The highest BCUT2D eigenvalue weighted by Crippen LogP contribution is 2.25. The molecule has 1 aliphatic heterocycles. The molecule has 0 fully saturated rings. The number of ether oxygens (including phenoxy) is 1. The molecule has 0 saturated heterocycles. The van der Waals surface area contributed by atoms with Crippen LogP contribution in [0.2, 0.25) is 0 Å². The third kappa shape index (κ3) is 5.05. The predicted octanol–water partition coefficient (Wildman–Crippen LogP) is 2.24. The van der Waals surface area contributed by atoms with Gasteiger partial charge in [-0.15, -0.1) is 0 Å². The first-order chi connectivity index (χ1) is 16.0. The van der Waals surface area contributed by atoms with Crippen molar-refractivity contribution in [3.63, 3.8) is 0 Å². The lowest BCUT2D eigenvalue weighted by molar-refractivity contribution is -0.153. The molecular formula is C26H26N2O5. The highest BCUT2D eigenvalue weighted by Gasteiger charge is 2.35. The molecule has 0 unspecified atom stereocenters. The second-order valence-corrected chi connectivity index (χ2v) is 8.00. The molecule has 1 aliphatic rings. The molecule has 3 N–H and O–H groups in total. The highest BCUT2D eigenvalue weighted by molar-refractivity contribution is 5.91. The number of hydrogen-bond acceptors (Lipinski definition) is 5. The third-order valence-corrected chi connectivity index (χ3v) is 5.80. The van der Waals surface area contributed by atoms with E-state index < -0.39 is 24.0 Å². The molecule has 0 bridgehead atoms. The van der Waals surface area contributed by atoms with E-state index >= 15 is 0 Å². The van der Waals surface area contributed by atoms with Gasteiger partial charge in [-0.1, -0.05) is 60.7 Å². The summed E-state index contributed by atoms with van der Waals surface area (Å²) in [6.45, 7) is 0.852. The molecule has 33 heavy (non-hydrogen) atoms. The van der Waals surface area contributed by atoms with Crippen molar-refractivity contribution in [2.75, 3.05) is 7.11 Å². The number of methoxy groups -OCH3 is 1. The van der Waals surface area contributed by atoms with Crippen LogP contribution in [-0.2, 0) is 29.2 Å². The van der Waals surface area contributed by atoms with Crippen LogP contribution in [0.25, 0.3) is 11.1 Å². The van der Waals surface area contributed by atoms with Gasteiger partial charge in [0.25, 0.3) is 11.8 Å². The Kier molecular flexibility index (Phi) is 6.72. The summed E-state index contributed by atoms with van der Waals surface area (Å²) in [5.41, 5.74) is 4.81. The number of fused-ring (bicyclic) bond motifs is 1. The van der Waals surface area contributed by atoms with Gasteiger partial charge in [-0.25, -0.2) is 0 Å². The lowest BCUT2D eigenvalue weighted by Gasteiger charge is -2.22. The standard InChI is InChI=1S/C26H26N2O5/c1-33-22-8-4-7-19(13-22)18-11-9-17(10-12-18)14-27-25(31)23(29)24(30)26(32)28-15-20-5-2-3-6-21(20)16-28/h2-13,23-24,29-30H,14-16H2,1H3,(H,27,31)/t23-,24-/m1/s1. The van der Waals surface area contributed by atoms with Crippen molar-refractivity contribution in [3.8, 4) is 16.9 Å². The molecule has 170 valence electrons. The number of amides is 2. The average molecular weight is 447 g/mol. The predicted molar refractivity (Wildman–Crippen MR) is 123 cm³/mol. The van der Waals surface area contributed by atoms with Crippen LogP contribution in [0.5, 0.6) is 5.75 Å². The molecule has 7 nitrogen and oxygen atoms in total. The van der Waals surface area contributed by atoms with Gasteiger partial charge in [-0.05, 0) is 39.9 Å². The first-order valence-corrected chi connectivity index (χ1v) is 10.7. The Hall–Kier alpha value is -3.68. The van der Waals surface area contributed by atoms with Gasteiger partial charge in [0.2, 0.25) is 0 Å². The van der Waals surface area contributed by atoms with Crippen LogP contribution in [0.3, 0.4) is 0 Å². The highest BCUT2D eigenvalue weighted by atomic mass is 16.5. The van der Waals surface area contributed by atoms with Crippen molar-refractivity contribution in [3.05, 3.63) is 89.5 Å². The smallest absolute Gasteiger partial charge is 0.255 e. The number of nitrogens with one attached hydrogen (secondary N) is 1. The normalized spacial score (nSPS) is 14.3. The zero-order valence-corrected chi connectivity index (χ0v) is 18.3. The minimum absolute atomic E-state index is 0.157. The number of aliphatic hydroxyl groups excluding tert-OH is 2. The van der Waals surface area contributed by atoms with E-state index in [0.717, 1.165) is 33.6 Å². The van der Waals surface area contributed by atoms with Crippen LogP contribution in [-0.4, -0.2) is 46.2 Å². The Labute approximate surface area is 192 Å². The summed E-state index contributed by atoms with van der Waals surface area (Å²) in [6.07, 6.45) is -3.67. The second kappa shape index (κ2) is 9.85. The summed E-state index contributed by atoms with van der Waals surface area (Å²) >= 11 is 0. The minimum Gasteiger partial charge on any atom is -0.497 e. The second-order valence-electron chi connectivity index (χ2n) is 8.00. The number of hydrogen-bond donors (Lipinski definition) is 3.